The summed E-state index contributed by atoms with van der Waals surface area (Å²) in [6, 6.07) is 0. The number of guanidine groups is 1. The number of aliphatic imine (C=N–C) groups is 1. The Morgan fingerprint density at radius 1 is 1.42 bits per heavy atom. The lowest BCUT2D eigenvalue weighted by molar-refractivity contribution is -0.147. The Labute approximate surface area is 130 Å². The van der Waals surface area contributed by atoms with Gasteiger partial charge in [-0.2, -0.15) is 0 Å². The number of carbonyl (C=O) groups is 2. The predicted octanol–water partition coefficient (Wildman–Crippen LogP) is 0.624. The van der Waals surface area contributed by atoms with Crippen LogP contribution in [0.4, 0.5) is 0 Å². The Kier molecular flexibility index (Phi) is 8.37. The van der Waals surface area contributed by atoms with Gasteiger partial charge < -0.3 is 11.1 Å². The van der Waals surface area contributed by atoms with E-state index in [-0.39, 0.29) is 35.8 Å². The molecular formula is C12H21IN4O2. The van der Waals surface area contributed by atoms with E-state index in [0.717, 1.165) is 5.57 Å². The van der Waals surface area contributed by atoms with Crippen LogP contribution in [0.3, 0.4) is 0 Å². The summed E-state index contributed by atoms with van der Waals surface area (Å²) in [5, 5.41) is 2.87. The molecule has 6 nitrogen and oxygen atoms in total. The Bertz CT molecular complexity index is 366. The molecule has 1 saturated heterocycles. The number of hydrogen-bond acceptors (Lipinski definition) is 3. The van der Waals surface area contributed by atoms with Crippen LogP contribution in [0, 0.1) is 0 Å². The first-order chi connectivity index (χ1) is 8.50. The second kappa shape index (κ2) is 8.89. The Morgan fingerprint density at radius 3 is 2.53 bits per heavy atom. The topological polar surface area (TPSA) is 87.8 Å². The Morgan fingerprint density at radius 2 is 2.00 bits per heavy atom. The number of nitrogens with two attached hydrogens (primary N) is 1. The van der Waals surface area contributed by atoms with Crippen LogP contribution in [-0.2, 0) is 9.59 Å². The molecule has 0 aromatic carbocycles. The molecule has 1 heterocycles. The maximum atomic E-state index is 11.5. The van der Waals surface area contributed by atoms with E-state index in [1.807, 2.05) is 6.92 Å². The third-order valence-corrected chi connectivity index (χ3v) is 2.54. The Hall–Kier alpha value is -1.12. The number of hydrogen-bond donors (Lipinski definition) is 2. The van der Waals surface area contributed by atoms with Crippen LogP contribution in [0.15, 0.2) is 17.1 Å². The number of amides is 2. The van der Waals surface area contributed by atoms with Gasteiger partial charge in [0, 0.05) is 25.9 Å². The molecule has 0 aromatic rings. The summed E-state index contributed by atoms with van der Waals surface area (Å²) in [7, 11) is 0. The molecule has 0 aromatic heterocycles. The number of nitrogens with one attached hydrogen (secondary N) is 1. The van der Waals surface area contributed by atoms with Crippen molar-refractivity contribution in [2.24, 2.45) is 10.7 Å². The predicted molar refractivity (Wildman–Crippen MR) is 85.3 cm³/mol. The standard InChI is InChI=1S/C12H20N4O2.HI/c1-9(2)8-15-12(13)14-6-7-16-10(17)4-3-5-11(16)18;/h1,3-8H2,2H3,(H3,13,14,15);1H. The molecule has 0 bridgehead atoms. The molecule has 0 aliphatic carbocycles. The van der Waals surface area contributed by atoms with Gasteiger partial charge in [-0.3, -0.25) is 14.5 Å². The van der Waals surface area contributed by atoms with Crippen molar-refractivity contribution in [3.05, 3.63) is 12.2 Å². The van der Waals surface area contributed by atoms with Gasteiger partial charge in [0.25, 0.3) is 0 Å². The zero-order valence-corrected chi connectivity index (χ0v) is 13.5. The molecule has 1 fully saturated rings. The number of rotatable bonds is 5. The number of halogens is 1. The van der Waals surface area contributed by atoms with E-state index in [9.17, 15) is 9.59 Å². The third kappa shape index (κ3) is 6.55. The van der Waals surface area contributed by atoms with Crippen molar-refractivity contribution in [3.63, 3.8) is 0 Å². The quantitative estimate of drug-likeness (QED) is 0.241. The molecule has 1 aliphatic heterocycles. The fraction of sp³-hybridized carbons (Fsp3) is 0.583. The highest BCUT2D eigenvalue weighted by molar-refractivity contribution is 14.0. The maximum Gasteiger partial charge on any atom is 0.229 e. The molecule has 7 heteroatoms. The maximum absolute atomic E-state index is 11.5. The fourth-order valence-electron chi connectivity index (χ4n) is 1.62. The van der Waals surface area contributed by atoms with Crippen molar-refractivity contribution < 1.29 is 9.59 Å². The fourth-order valence-corrected chi connectivity index (χ4v) is 1.62. The molecule has 1 aliphatic rings. The van der Waals surface area contributed by atoms with Crippen LogP contribution >= 0.6 is 24.0 Å². The zero-order valence-electron chi connectivity index (χ0n) is 11.1. The number of piperidine rings is 1. The summed E-state index contributed by atoms with van der Waals surface area (Å²) in [6.45, 7) is 6.80. The van der Waals surface area contributed by atoms with Crippen LogP contribution in [0.2, 0.25) is 0 Å². The first kappa shape index (κ1) is 17.9. The normalized spacial score (nSPS) is 16.1. The van der Waals surface area contributed by atoms with Crippen molar-refractivity contribution in [1.29, 1.82) is 0 Å². The van der Waals surface area contributed by atoms with Crippen molar-refractivity contribution >= 4 is 41.8 Å². The summed E-state index contributed by atoms with van der Waals surface area (Å²) >= 11 is 0. The molecule has 0 spiro atoms. The van der Waals surface area contributed by atoms with Crippen molar-refractivity contribution in [3.8, 4) is 0 Å². The molecule has 1 rings (SSSR count). The van der Waals surface area contributed by atoms with Crippen molar-refractivity contribution in [2.45, 2.75) is 26.2 Å². The van der Waals surface area contributed by atoms with Crippen LogP contribution < -0.4 is 11.1 Å². The molecule has 108 valence electrons. The van der Waals surface area contributed by atoms with E-state index < -0.39 is 0 Å². The lowest BCUT2D eigenvalue weighted by Crippen LogP contribution is -2.45. The van der Waals surface area contributed by atoms with Crippen LogP contribution in [0.25, 0.3) is 0 Å². The van der Waals surface area contributed by atoms with Gasteiger partial charge in [-0.1, -0.05) is 12.2 Å². The van der Waals surface area contributed by atoms with Gasteiger partial charge in [0.05, 0.1) is 6.54 Å². The van der Waals surface area contributed by atoms with Crippen LogP contribution in [-0.4, -0.2) is 42.3 Å². The molecule has 3 N–H and O–H groups in total. The second-order valence-corrected chi connectivity index (χ2v) is 4.38. The molecule has 0 unspecified atom stereocenters. The first-order valence-corrected chi connectivity index (χ1v) is 6.02. The van der Waals surface area contributed by atoms with Crippen molar-refractivity contribution in [1.82, 2.24) is 10.2 Å². The van der Waals surface area contributed by atoms with E-state index in [4.69, 9.17) is 5.73 Å². The minimum atomic E-state index is -0.106. The summed E-state index contributed by atoms with van der Waals surface area (Å²) in [5.41, 5.74) is 6.53. The molecule has 19 heavy (non-hydrogen) atoms. The van der Waals surface area contributed by atoms with Crippen LogP contribution in [0.1, 0.15) is 26.2 Å². The van der Waals surface area contributed by atoms with Gasteiger partial charge in [0.15, 0.2) is 5.96 Å². The first-order valence-electron chi connectivity index (χ1n) is 6.02. The van der Waals surface area contributed by atoms with Gasteiger partial charge in [-0.15, -0.1) is 24.0 Å². The monoisotopic (exact) mass is 380 g/mol. The smallest absolute Gasteiger partial charge is 0.229 e. The van der Waals surface area contributed by atoms with E-state index in [1.165, 1.54) is 4.90 Å². The molecule has 0 saturated carbocycles. The summed E-state index contributed by atoms with van der Waals surface area (Å²) in [5.74, 6) is 0.0888. The van der Waals surface area contributed by atoms with E-state index in [1.54, 1.807) is 0 Å². The molecule has 0 atom stereocenters. The third-order valence-electron chi connectivity index (χ3n) is 2.54. The lowest BCUT2D eigenvalue weighted by atomic mass is 10.1. The highest BCUT2D eigenvalue weighted by Gasteiger charge is 2.24. The second-order valence-electron chi connectivity index (χ2n) is 4.38. The van der Waals surface area contributed by atoms with E-state index in [0.29, 0.717) is 44.9 Å². The highest BCUT2D eigenvalue weighted by Crippen LogP contribution is 2.11. The molecule has 2 amide bonds. The minimum Gasteiger partial charge on any atom is -0.370 e. The average Bonchev–Trinajstić information content (AvgIpc) is 2.30. The highest BCUT2D eigenvalue weighted by atomic mass is 127. The SMILES string of the molecule is C=C(C)CN=C(N)NCCN1C(=O)CCCC1=O.I. The summed E-state index contributed by atoms with van der Waals surface area (Å²) in [4.78, 5) is 28.3. The van der Waals surface area contributed by atoms with Gasteiger partial charge in [0.2, 0.25) is 11.8 Å². The zero-order chi connectivity index (χ0) is 13.5. The van der Waals surface area contributed by atoms with Gasteiger partial charge in [-0.05, 0) is 13.3 Å². The van der Waals surface area contributed by atoms with E-state index in [2.05, 4.69) is 16.9 Å². The number of likely N-dealkylation sites (tertiary alicyclic amines) is 1. The van der Waals surface area contributed by atoms with E-state index >= 15 is 0 Å². The number of nitrogens with zero attached hydrogens (tertiary/aromatic N) is 2. The van der Waals surface area contributed by atoms with Gasteiger partial charge >= 0.3 is 0 Å². The van der Waals surface area contributed by atoms with Gasteiger partial charge in [-0.25, -0.2) is 4.99 Å². The average molecular weight is 380 g/mol. The van der Waals surface area contributed by atoms with Gasteiger partial charge in [0.1, 0.15) is 0 Å². The number of carbonyl (C=O) groups excluding carboxylic acids is 2. The lowest BCUT2D eigenvalue weighted by Gasteiger charge is -2.24. The molecule has 0 radical (unpaired) electrons. The summed E-state index contributed by atoms with van der Waals surface area (Å²) in [6.07, 6.45) is 1.56. The minimum absolute atomic E-state index is 0. The summed E-state index contributed by atoms with van der Waals surface area (Å²) < 4.78 is 0. The van der Waals surface area contributed by atoms with Crippen molar-refractivity contribution in [2.75, 3.05) is 19.6 Å². The largest absolute Gasteiger partial charge is 0.370 e. The van der Waals surface area contributed by atoms with Crippen LogP contribution in [0.5, 0.6) is 0 Å². The molecular weight excluding hydrogens is 359 g/mol. The Balaban J connectivity index is 0.00000324. The number of imide groups is 1.